The summed E-state index contributed by atoms with van der Waals surface area (Å²) >= 11 is 1.42. The van der Waals surface area contributed by atoms with Gasteiger partial charge < -0.3 is 14.7 Å². The Bertz CT molecular complexity index is 503. The number of methoxy groups -OCH3 is 1. The Hall–Kier alpha value is -1.47. The SMILES string of the molecule is COCc1nc(C(=O)N2CCCC(CCC(=O)O)C2)cs1. The van der Waals surface area contributed by atoms with E-state index in [0.29, 0.717) is 25.3 Å². The molecular weight excluding hydrogens is 292 g/mol. The number of nitrogens with zero attached hydrogens (tertiary/aromatic N) is 2. The molecule has 1 aliphatic rings. The molecule has 1 aromatic heterocycles. The number of carbonyl (C=O) groups is 2. The highest BCUT2D eigenvalue weighted by Gasteiger charge is 2.26. The molecule has 6 nitrogen and oxygen atoms in total. The number of aliphatic carboxylic acids is 1. The fourth-order valence-electron chi connectivity index (χ4n) is 2.57. The maximum atomic E-state index is 12.4. The predicted octanol–water partition coefficient (Wildman–Crippen LogP) is 2.01. The van der Waals surface area contributed by atoms with E-state index in [9.17, 15) is 9.59 Å². The second-order valence-electron chi connectivity index (χ2n) is 5.25. The van der Waals surface area contributed by atoms with Crippen LogP contribution in [0.5, 0.6) is 0 Å². The number of carboxylic acid groups (broad SMARTS) is 1. The molecule has 1 unspecified atom stereocenters. The van der Waals surface area contributed by atoms with E-state index in [0.717, 1.165) is 24.4 Å². The quantitative estimate of drug-likeness (QED) is 0.869. The third-order valence-electron chi connectivity index (χ3n) is 3.61. The minimum absolute atomic E-state index is 0.0615. The third-order valence-corrected chi connectivity index (χ3v) is 4.43. The number of hydrogen-bond acceptors (Lipinski definition) is 5. The summed E-state index contributed by atoms with van der Waals surface area (Å²) in [4.78, 5) is 29.1. The van der Waals surface area contributed by atoms with Gasteiger partial charge in [-0.15, -0.1) is 11.3 Å². The van der Waals surface area contributed by atoms with E-state index >= 15 is 0 Å². The summed E-state index contributed by atoms with van der Waals surface area (Å²) < 4.78 is 5.01. The van der Waals surface area contributed by atoms with Gasteiger partial charge in [-0.25, -0.2) is 4.98 Å². The summed E-state index contributed by atoms with van der Waals surface area (Å²) in [6, 6.07) is 0. The molecule has 2 rings (SSSR count). The van der Waals surface area contributed by atoms with Crippen LogP contribution in [-0.2, 0) is 16.1 Å². The number of carboxylic acids is 1. The molecule has 1 aromatic rings. The van der Waals surface area contributed by atoms with Gasteiger partial charge in [0, 0.05) is 32.0 Å². The average Bonchev–Trinajstić information content (AvgIpc) is 2.94. The summed E-state index contributed by atoms with van der Waals surface area (Å²) in [6.45, 7) is 1.77. The normalized spacial score (nSPS) is 18.7. The van der Waals surface area contributed by atoms with Crippen LogP contribution in [0, 0.1) is 5.92 Å². The van der Waals surface area contributed by atoms with Crippen LogP contribution >= 0.6 is 11.3 Å². The Morgan fingerprint density at radius 3 is 3.10 bits per heavy atom. The molecule has 2 heterocycles. The fraction of sp³-hybridized carbons (Fsp3) is 0.643. The van der Waals surface area contributed by atoms with Crippen molar-refractivity contribution in [2.24, 2.45) is 5.92 Å². The molecule has 1 fully saturated rings. The first-order chi connectivity index (χ1) is 10.1. The molecule has 0 radical (unpaired) electrons. The molecule has 0 spiro atoms. The number of aromatic nitrogens is 1. The second-order valence-corrected chi connectivity index (χ2v) is 6.19. The Kier molecular flexibility index (Phi) is 5.69. The van der Waals surface area contributed by atoms with Crippen LogP contribution in [-0.4, -0.2) is 47.1 Å². The molecule has 1 N–H and O–H groups in total. The van der Waals surface area contributed by atoms with Gasteiger partial charge in [-0.3, -0.25) is 9.59 Å². The molecule has 0 aliphatic carbocycles. The highest BCUT2D eigenvalue weighted by Crippen LogP contribution is 2.23. The first kappa shape index (κ1) is 15.9. The van der Waals surface area contributed by atoms with Gasteiger partial charge in [0.05, 0.1) is 6.61 Å². The zero-order chi connectivity index (χ0) is 15.2. The lowest BCUT2D eigenvalue weighted by Crippen LogP contribution is -2.40. The maximum absolute atomic E-state index is 12.4. The zero-order valence-electron chi connectivity index (χ0n) is 12.1. The molecule has 0 saturated carbocycles. The lowest BCUT2D eigenvalue weighted by molar-refractivity contribution is -0.137. The van der Waals surface area contributed by atoms with Crippen molar-refractivity contribution in [1.29, 1.82) is 0 Å². The van der Waals surface area contributed by atoms with Crippen molar-refractivity contribution in [2.45, 2.75) is 32.3 Å². The summed E-state index contributed by atoms with van der Waals surface area (Å²) in [5.41, 5.74) is 0.464. The van der Waals surface area contributed by atoms with Crippen molar-refractivity contribution in [3.8, 4) is 0 Å². The number of rotatable bonds is 6. The van der Waals surface area contributed by atoms with Gasteiger partial charge in [0.2, 0.25) is 0 Å². The highest BCUT2D eigenvalue weighted by molar-refractivity contribution is 7.09. The number of thiazole rings is 1. The van der Waals surface area contributed by atoms with Gasteiger partial charge in [0.25, 0.3) is 5.91 Å². The van der Waals surface area contributed by atoms with Crippen molar-refractivity contribution in [3.63, 3.8) is 0 Å². The summed E-state index contributed by atoms with van der Waals surface area (Å²) in [5, 5.41) is 11.3. The Balaban J connectivity index is 1.93. The minimum Gasteiger partial charge on any atom is -0.481 e. The van der Waals surface area contributed by atoms with Crippen LogP contribution in [0.4, 0.5) is 0 Å². The maximum Gasteiger partial charge on any atom is 0.303 e. The molecule has 21 heavy (non-hydrogen) atoms. The number of carbonyl (C=O) groups excluding carboxylic acids is 1. The van der Waals surface area contributed by atoms with Gasteiger partial charge >= 0.3 is 5.97 Å². The van der Waals surface area contributed by atoms with Crippen molar-refractivity contribution >= 4 is 23.2 Å². The van der Waals surface area contributed by atoms with E-state index in [4.69, 9.17) is 9.84 Å². The van der Waals surface area contributed by atoms with Crippen LogP contribution in [0.2, 0.25) is 0 Å². The van der Waals surface area contributed by atoms with E-state index in [1.165, 1.54) is 11.3 Å². The topological polar surface area (TPSA) is 79.7 Å². The van der Waals surface area contributed by atoms with Crippen LogP contribution in [0.15, 0.2) is 5.38 Å². The third kappa shape index (κ3) is 4.50. The smallest absolute Gasteiger partial charge is 0.303 e. The van der Waals surface area contributed by atoms with Crippen LogP contribution in [0.3, 0.4) is 0 Å². The molecule has 0 bridgehead atoms. The molecule has 1 atom stereocenters. The fourth-order valence-corrected chi connectivity index (χ4v) is 3.31. The average molecular weight is 312 g/mol. The minimum atomic E-state index is -0.776. The van der Waals surface area contributed by atoms with Crippen molar-refractivity contribution in [3.05, 3.63) is 16.1 Å². The number of hydrogen-bond donors (Lipinski definition) is 1. The number of piperidine rings is 1. The van der Waals surface area contributed by atoms with Gasteiger partial charge in [-0.2, -0.15) is 0 Å². The van der Waals surface area contributed by atoms with E-state index in [1.54, 1.807) is 17.4 Å². The first-order valence-electron chi connectivity index (χ1n) is 7.04. The van der Waals surface area contributed by atoms with Gasteiger partial charge in [0.1, 0.15) is 10.7 Å². The molecular formula is C14H20N2O4S. The Labute approximate surface area is 127 Å². The van der Waals surface area contributed by atoms with Gasteiger partial charge in [0.15, 0.2) is 0 Å². The molecule has 1 saturated heterocycles. The first-order valence-corrected chi connectivity index (χ1v) is 7.92. The van der Waals surface area contributed by atoms with Crippen molar-refractivity contribution < 1.29 is 19.4 Å². The standard InChI is InChI=1S/C14H20N2O4S/c1-20-8-12-15-11(9-21-12)14(19)16-6-2-3-10(7-16)4-5-13(17)18/h9-10H,2-8H2,1H3,(H,17,18). The molecule has 1 aliphatic heterocycles. The van der Waals surface area contributed by atoms with Crippen LogP contribution in [0.1, 0.15) is 41.2 Å². The largest absolute Gasteiger partial charge is 0.481 e. The Morgan fingerprint density at radius 1 is 1.57 bits per heavy atom. The molecule has 116 valence electrons. The summed E-state index contributed by atoms with van der Waals surface area (Å²) in [5.74, 6) is -0.563. The monoisotopic (exact) mass is 312 g/mol. The lowest BCUT2D eigenvalue weighted by Gasteiger charge is -2.32. The summed E-state index contributed by atoms with van der Waals surface area (Å²) in [6.07, 6.45) is 2.71. The van der Waals surface area contributed by atoms with E-state index in [-0.39, 0.29) is 18.2 Å². The number of likely N-dealkylation sites (tertiary alicyclic amines) is 1. The molecule has 1 amide bonds. The van der Waals surface area contributed by atoms with E-state index in [2.05, 4.69) is 4.98 Å². The van der Waals surface area contributed by atoms with Crippen LogP contribution in [0.25, 0.3) is 0 Å². The number of ether oxygens (including phenoxy) is 1. The van der Waals surface area contributed by atoms with Gasteiger partial charge in [-0.05, 0) is 25.2 Å². The lowest BCUT2D eigenvalue weighted by atomic mass is 9.93. The second kappa shape index (κ2) is 7.51. The van der Waals surface area contributed by atoms with Crippen molar-refractivity contribution in [2.75, 3.05) is 20.2 Å². The molecule has 7 heteroatoms. The van der Waals surface area contributed by atoms with Crippen molar-refractivity contribution in [1.82, 2.24) is 9.88 Å². The summed E-state index contributed by atoms with van der Waals surface area (Å²) in [7, 11) is 1.60. The van der Waals surface area contributed by atoms with E-state index in [1.807, 2.05) is 0 Å². The highest BCUT2D eigenvalue weighted by atomic mass is 32.1. The zero-order valence-corrected chi connectivity index (χ0v) is 12.9. The predicted molar refractivity (Wildman–Crippen MR) is 78.3 cm³/mol. The van der Waals surface area contributed by atoms with E-state index < -0.39 is 5.97 Å². The molecule has 0 aromatic carbocycles. The van der Waals surface area contributed by atoms with Crippen LogP contribution < -0.4 is 0 Å². The van der Waals surface area contributed by atoms with Gasteiger partial charge in [-0.1, -0.05) is 0 Å². The number of amides is 1. The Morgan fingerprint density at radius 2 is 2.38 bits per heavy atom.